The first-order valence-corrected chi connectivity index (χ1v) is 22.2. The molecule has 1 N–H and O–H groups in total. The number of pyridine rings is 1. The number of carbonyl (C=O) groups excluding carboxylic acids is 4. The zero-order valence-electron chi connectivity index (χ0n) is 34.2. The van der Waals surface area contributed by atoms with E-state index in [0.29, 0.717) is 44.1 Å². The molecule has 3 fully saturated rings. The molecule has 7 atom stereocenters. The van der Waals surface area contributed by atoms with E-state index in [-0.39, 0.29) is 37.6 Å². The zero-order chi connectivity index (χ0) is 42.7. The van der Waals surface area contributed by atoms with E-state index in [2.05, 4.69) is 9.71 Å². The van der Waals surface area contributed by atoms with Crippen molar-refractivity contribution in [3.8, 4) is 11.6 Å². The minimum Gasteiger partial charge on any atom is -0.493 e. The van der Waals surface area contributed by atoms with Crippen molar-refractivity contribution in [3.63, 3.8) is 0 Å². The summed E-state index contributed by atoms with van der Waals surface area (Å²) in [5.41, 5.74) is -3.13. The summed E-state index contributed by atoms with van der Waals surface area (Å²) in [5, 5.41) is 1.46. The third kappa shape index (κ3) is 8.56. The predicted octanol–water partition coefficient (Wildman–Crippen LogP) is 6.77. The molecule has 2 aliphatic carbocycles. The van der Waals surface area contributed by atoms with Crippen LogP contribution in [0.2, 0.25) is 0 Å². The standard InChI is InChI=1S/C43H54F3N3O9S/c1-25-9-6-7-11-28-22-42(28,39(53)48-59(54,55)41(5)15-16-41)23-34(50)33-20-29(57-37-31-13-12-27-10-8-18-56-36(27)30(31)14-17-47-37)24-49(33)38(52)32(26(2)19-25)21-35(51)58-40(3,4)43(44,45)46/h7,11-14,17,25-26,28-29,32-33H,6,8-10,15-16,18-24H2,1-5H3,(H,48,53)/b11-7-/t25-,26+,28+,29+,32-,33-,42+/m0/s1. The molecule has 5 aliphatic rings. The van der Waals surface area contributed by atoms with Gasteiger partial charge in [0.15, 0.2) is 5.78 Å². The van der Waals surface area contributed by atoms with Gasteiger partial charge in [-0.3, -0.25) is 23.9 Å². The van der Waals surface area contributed by atoms with Crippen molar-refractivity contribution in [2.45, 2.75) is 134 Å². The molecule has 16 heteroatoms. The number of hydrogen-bond acceptors (Lipinski definition) is 10. The number of sulfonamides is 1. The molecule has 59 heavy (non-hydrogen) atoms. The summed E-state index contributed by atoms with van der Waals surface area (Å²) in [6.07, 6.45) is 3.20. The number of amides is 2. The van der Waals surface area contributed by atoms with Crippen LogP contribution in [0.4, 0.5) is 13.2 Å². The highest BCUT2D eigenvalue weighted by Gasteiger charge is 2.63. The van der Waals surface area contributed by atoms with Crippen LogP contribution < -0.4 is 14.2 Å². The first kappa shape index (κ1) is 42.9. The van der Waals surface area contributed by atoms with E-state index in [9.17, 15) is 40.8 Å². The summed E-state index contributed by atoms with van der Waals surface area (Å²) >= 11 is 0. The van der Waals surface area contributed by atoms with E-state index in [0.717, 1.165) is 43.4 Å². The second-order valence-corrected chi connectivity index (χ2v) is 20.5. The molecule has 2 amide bonds. The minimum absolute atomic E-state index is 0.0122. The number of aromatic nitrogens is 1. The quantitative estimate of drug-likeness (QED) is 0.222. The van der Waals surface area contributed by atoms with Gasteiger partial charge in [0, 0.05) is 29.8 Å². The SMILES string of the molecule is C[C@H]1CC/C=C\[C@@H]2C[C@@]2(C(=O)NS(=O)(=O)C2(C)CC2)CC(=O)[C@@H]2C[C@@H](Oc3nccc4c5c(ccc34)CCCO5)CN2C(=O)[C@@H](CC(=O)OC(C)(C)C(F)(F)F)[C@H](C)C1. The van der Waals surface area contributed by atoms with Crippen LogP contribution in [0.1, 0.15) is 104 Å². The zero-order valence-corrected chi connectivity index (χ0v) is 35.0. The van der Waals surface area contributed by atoms with Gasteiger partial charge in [0.25, 0.3) is 0 Å². The van der Waals surface area contributed by atoms with Crippen molar-refractivity contribution >= 4 is 44.4 Å². The Kier molecular flexibility index (Phi) is 11.4. The third-order valence-electron chi connectivity index (χ3n) is 13.3. The molecule has 4 heterocycles. The molecule has 2 aromatic rings. The van der Waals surface area contributed by atoms with Crippen LogP contribution in [0.25, 0.3) is 10.8 Å². The van der Waals surface area contributed by atoms with Gasteiger partial charge < -0.3 is 19.1 Å². The normalized spacial score (nSPS) is 30.4. The average molecular weight is 846 g/mol. The van der Waals surface area contributed by atoms with Crippen LogP contribution in [0.3, 0.4) is 0 Å². The van der Waals surface area contributed by atoms with Crippen LogP contribution >= 0.6 is 0 Å². The van der Waals surface area contributed by atoms with E-state index in [1.54, 1.807) is 20.0 Å². The number of carbonyl (C=O) groups is 4. The average Bonchev–Trinajstić information content (AvgIpc) is 4.04. The highest BCUT2D eigenvalue weighted by molar-refractivity contribution is 7.91. The van der Waals surface area contributed by atoms with Crippen molar-refractivity contribution < 1.29 is 55.0 Å². The van der Waals surface area contributed by atoms with Gasteiger partial charge in [0.05, 0.1) is 41.7 Å². The van der Waals surface area contributed by atoms with Gasteiger partial charge in [-0.2, -0.15) is 13.2 Å². The number of Topliss-reactive ketones (excluding diaryl/α,β-unsaturated/α-hetero) is 1. The van der Waals surface area contributed by atoms with Crippen molar-refractivity contribution in [3.05, 3.63) is 42.1 Å². The lowest BCUT2D eigenvalue weighted by Gasteiger charge is -2.33. The lowest BCUT2D eigenvalue weighted by Crippen LogP contribution is -2.48. The highest BCUT2D eigenvalue weighted by atomic mass is 32.2. The number of benzene rings is 1. The maximum absolute atomic E-state index is 14.9. The molecule has 0 spiro atoms. The molecule has 322 valence electrons. The lowest BCUT2D eigenvalue weighted by atomic mass is 9.82. The summed E-state index contributed by atoms with van der Waals surface area (Å²) in [6, 6.07) is 4.52. The molecule has 0 bridgehead atoms. The summed E-state index contributed by atoms with van der Waals surface area (Å²) in [6.45, 7) is 7.26. The van der Waals surface area contributed by atoms with Crippen molar-refractivity contribution in [2.75, 3.05) is 13.2 Å². The number of ketones is 1. The number of nitrogens with one attached hydrogen (secondary N) is 1. The number of aryl methyl sites for hydroxylation is 1. The number of fused-ring (bicyclic) bond motifs is 5. The molecule has 1 saturated heterocycles. The number of hydrogen-bond donors (Lipinski definition) is 1. The smallest absolute Gasteiger partial charge is 0.427 e. The number of esters is 1. The fourth-order valence-corrected chi connectivity index (χ4v) is 10.3. The third-order valence-corrected chi connectivity index (χ3v) is 15.5. The van der Waals surface area contributed by atoms with Crippen LogP contribution in [0.15, 0.2) is 36.5 Å². The molecule has 12 nitrogen and oxygen atoms in total. The first-order chi connectivity index (χ1) is 27.6. The number of allylic oxidation sites excluding steroid dienone is 2. The molecule has 7 rings (SSSR count). The number of nitrogens with zero attached hydrogens (tertiary/aromatic N) is 2. The Hall–Kier alpha value is -4.21. The Morgan fingerprint density at radius 1 is 1.08 bits per heavy atom. The predicted molar refractivity (Wildman–Crippen MR) is 211 cm³/mol. The van der Waals surface area contributed by atoms with Crippen LogP contribution in [-0.2, 0) is 40.4 Å². The number of halogens is 3. The van der Waals surface area contributed by atoms with Gasteiger partial charge in [-0.15, -0.1) is 0 Å². The topological polar surface area (TPSA) is 158 Å². The molecule has 2 saturated carbocycles. The van der Waals surface area contributed by atoms with E-state index in [1.807, 2.05) is 37.3 Å². The summed E-state index contributed by atoms with van der Waals surface area (Å²) in [7, 11) is -4.03. The second-order valence-electron chi connectivity index (χ2n) is 18.3. The summed E-state index contributed by atoms with van der Waals surface area (Å²) < 4.78 is 86.5. The van der Waals surface area contributed by atoms with Gasteiger partial charge >= 0.3 is 12.1 Å². The fourth-order valence-electron chi connectivity index (χ4n) is 8.95. The fraction of sp³-hybridized carbons (Fsp3) is 0.651. The summed E-state index contributed by atoms with van der Waals surface area (Å²) in [5.74, 6) is -4.13. The lowest BCUT2D eigenvalue weighted by molar-refractivity contribution is -0.257. The van der Waals surface area contributed by atoms with Crippen LogP contribution in [0.5, 0.6) is 11.6 Å². The molecular formula is C43H54F3N3O9S. The number of rotatable bonds is 8. The Bertz CT molecular complexity index is 2150. The van der Waals surface area contributed by atoms with Crippen LogP contribution in [0, 0.1) is 29.1 Å². The van der Waals surface area contributed by atoms with E-state index in [4.69, 9.17) is 14.2 Å². The van der Waals surface area contributed by atoms with Crippen molar-refractivity contribution in [1.29, 1.82) is 0 Å². The Morgan fingerprint density at radius 2 is 1.83 bits per heavy atom. The first-order valence-electron chi connectivity index (χ1n) is 20.7. The molecule has 1 aromatic heterocycles. The number of alkyl halides is 3. The van der Waals surface area contributed by atoms with Crippen molar-refractivity contribution in [2.24, 2.45) is 29.1 Å². The van der Waals surface area contributed by atoms with Gasteiger partial charge in [-0.05, 0) is 108 Å². The Morgan fingerprint density at radius 3 is 2.54 bits per heavy atom. The van der Waals surface area contributed by atoms with E-state index < -0.39 is 91.8 Å². The maximum Gasteiger partial charge on any atom is 0.427 e. The molecule has 0 radical (unpaired) electrons. The Labute approximate surface area is 343 Å². The molecule has 0 unspecified atom stereocenters. The number of ether oxygens (including phenoxy) is 3. The maximum atomic E-state index is 14.9. The highest BCUT2D eigenvalue weighted by Crippen LogP contribution is 2.58. The Balaban J connectivity index is 1.23. The van der Waals surface area contributed by atoms with Gasteiger partial charge in [-0.25, -0.2) is 13.4 Å². The summed E-state index contributed by atoms with van der Waals surface area (Å²) in [4.78, 5) is 62.7. The molecule has 1 aromatic carbocycles. The monoisotopic (exact) mass is 845 g/mol. The molecule has 3 aliphatic heterocycles. The second kappa shape index (κ2) is 15.7. The van der Waals surface area contributed by atoms with Gasteiger partial charge in [-0.1, -0.05) is 32.1 Å². The minimum atomic E-state index is -4.86. The van der Waals surface area contributed by atoms with Gasteiger partial charge in [0.2, 0.25) is 33.3 Å². The van der Waals surface area contributed by atoms with Crippen molar-refractivity contribution in [1.82, 2.24) is 14.6 Å². The van der Waals surface area contributed by atoms with E-state index in [1.165, 1.54) is 4.90 Å². The molecular weight excluding hydrogens is 792 g/mol. The van der Waals surface area contributed by atoms with Crippen LogP contribution in [-0.4, -0.2) is 83.7 Å². The van der Waals surface area contributed by atoms with Gasteiger partial charge in [0.1, 0.15) is 11.9 Å². The largest absolute Gasteiger partial charge is 0.493 e. The van der Waals surface area contributed by atoms with E-state index >= 15 is 0 Å².